The molecule has 1 saturated heterocycles. The molecule has 0 bridgehead atoms. The number of likely N-dealkylation sites (tertiary alicyclic amines) is 1. The van der Waals surface area contributed by atoms with Gasteiger partial charge in [0, 0.05) is 26.1 Å². The summed E-state index contributed by atoms with van der Waals surface area (Å²) in [5.41, 5.74) is 0. The number of piperidine rings is 1. The second-order valence-electron chi connectivity index (χ2n) is 4.44. The maximum absolute atomic E-state index is 11.5. The van der Waals surface area contributed by atoms with E-state index >= 15 is 0 Å². The molecule has 0 spiro atoms. The van der Waals surface area contributed by atoms with Gasteiger partial charge in [0.2, 0.25) is 5.91 Å². The Balaban J connectivity index is 2.68. The minimum Gasteiger partial charge on any atom is -0.480 e. The summed E-state index contributed by atoms with van der Waals surface area (Å²) in [6.07, 6.45) is 0.475. The van der Waals surface area contributed by atoms with E-state index in [1.165, 1.54) is 14.0 Å². The number of rotatable bonds is 4. The number of hydrogen-bond donors (Lipinski definition) is 2. The van der Waals surface area contributed by atoms with E-state index in [9.17, 15) is 14.4 Å². The molecule has 1 aliphatic rings. The molecule has 102 valence electrons. The fraction of sp³-hybridized carbons (Fsp3) is 0.727. The van der Waals surface area contributed by atoms with E-state index in [1.807, 2.05) is 0 Å². The van der Waals surface area contributed by atoms with Crippen LogP contribution in [-0.2, 0) is 19.1 Å². The number of esters is 1. The number of methoxy groups -OCH3 is 1. The molecular formula is C11H18N2O5. The molecule has 2 N–H and O–H groups in total. The van der Waals surface area contributed by atoms with Crippen LogP contribution in [-0.4, -0.2) is 60.6 Å². The molecule has 1 amide bonds. The zero-order chi connectivity index (χ0) is 13.7. The molecule has 2 unspecified atom stereocenters. The lowest BCUT2D eigenvalue weighted by molar-refractivity contribution is -0.150. The third kappa shape index (κ3) is 4.33. The maximum Gasteiger partial charge on any atom is 0.317 e. The first-order chi connectivity index (χ1) is 8.42. The Kier molecular flexibility index (Phi) is 5.08. The number of ether oxygens (including phenoxy) is 1. The highest BCUT2D eigenvalue weighted by atomic mass is 16.5. The van der Waals surface area contributed by atoms with E-state index in [-0.39, 0.29) is 24.5 Å². The van der Waals surface area contributed by atoms with E-state index in [4.69, 9.17) is 5.11 Å². The smallest absolute Gasteiger partial charge is 0.317 e. The molecule has 0 saturated carbocycles. The SMILES string of the molecule is COC(=O)C1CC(NC(C)=O)CN(CC(=O)O)C1. The fourth-order valence-corrected chi connectivity index (χ4v) is 2.24. The van der Waals surface area contributed by atoms with Crippen LogP contribution in [0.25, 0.3) is 0 Å². The first kappa shape index (κ1) is 14.4. The average Bonchev–Trinajstić information content (AvgIpc) is 2.25. The summed E-state index contributed by atoms with van der Waals surface area (Å²) in [5, 5.41) is 11.5. The zero-order valence-corrected chi connectivity index (χ0v) is 10.5. The molecule has 0 aromatic rings. The van der Waals surface area contributed by atoms with Crippen LogP contribution in [0.3, 0.4) is 0 Å². The van der Waals surface area contributed by atoms with Crippen LogP contribution >= 0.6 is 0 Å². The lowest BCUT2D eigenvalue weighted by Crippen LogP contribution is -2.53. The number of carboxylic acids is 1. The molecule has 0 aromatic carbocycles. The van der Waals surface area contributed by atoms with Crippen molar-refractivity contribution in [1.29, 1.82) is 0 Å². The second-order valence-corrected chi connectivity index (χ2v) is 4.44. The van der Waals surface area contributed by atoms with Crippen molar-refractivity contribution in [2.24, 2.45) is 5.92 Å². The molecule has 0 aromatic heterocycles. The van der Waals surface area contributed by atoms with E-state index < -0.39 is 11.9 Å². The molecule has 2 atom stereocenters. The van der Waals surface area contributed by atoms with Crippen molar-refractivity contribution < 1.29 is 24.2 Å². The number of amides is 1. The molecule has 1 aliphatic heterocycles. The van der Waals surface area contributed by atoms with Crippen molar-refractivity contribution >= 4 is 17.8 Å². The Labute approximate surface area is 105 Å². The Morgan fingerprint density at radius 3 is 2.56 bits per heavy atom. The standard InChI is InChI=1S/C11H18N2O5/c1-7(14)12-9-3-8(11(17)18-2)4-13(5-9)6-10(15)16/h8-9H,3-6H2,1-2H3,(H,12,14)(H,15,16). The van der Waals surface area contributed by atoms with Gasteiger partial charge >= 0.3 is 11.9 Å². The van der Waals surface area contributed by atoms with E-state index in [1.54, 1.807) is 4.90 Å². The lowest BCUT2D eigenvalue weighted by atomic mass is 9.94. The summed E-state index contributed by atoms with van der Waals surface area (Å²) in [6, 6.07) is -0.223. The molecule has 1 fully saturated rings. The van der Waals surface area contributed by atoms with Crippen molar-refractivity contribution in [2.75, 3.05) is 26.7 Å². The number of nitrogens with one attached hydrogen (secondary N) is 1. The van der Waals surface area contributed by atoms with Gasteiger partial charge in [-0.2, -0.15) is 0 Å². The van der Waals surface area contributed by atoms with Gasteiger partial charge in [-0.25, -0.2) is 0 Å². The van der Waals surface area contributed by atoms with Crippen LogP contribution in [0.4, 0.5) is 0 Å². The normalized spacial score (nSPS) is 24.3. The Morgan fingerprint density at radius 2 is 2.06 bits per heavy atom. The Hall–Kier alpha value is -1.63. The fourth-order valence-electron chi connectivity index (χ4n) is 2.24. The highest BCUT2D eigenvalue weighted by Gasteiger charge is 2.33. The Morgan fingerprint density at radius 1 is 1.39 bits per heavy atom. The van der Waals surface area contributed by atoms with Gasteiger partial charge in [0.15, 0.2) is 0 Å². The van der Waals surface area contributed by atoms with Gasteiger partial charge in [-0.15, -0.1) is 0 Å². The van der Waals surface area contributed by atoms with E-state index in [0.717, 1.165) is 0 Å². The molecule has 0 aliphatic carbocycles. The minimum absolute atomic E-state index is 0.149. The molecule has 1 rings (SSSR count). The second kappa shape index (κ2) is 6.34. The maximum atomic E-state index is 11.5. The monoisotopic (exact) mass is 258 g/mol. The van der Waals surface area contributed by atoms with Crippen molar-refractivity contribution in [2.45, 2.75) is 19.4 Å². The summed E-state index contributed by atoms with van der Waals surface area (Å²) >= 11 is 0. The number of carboxylic acid groups (broad SMARTS) is 1. The Bertz CT molecular complexity index is 320. The summed E-state index contributed by atoms with van der Waals surface area (Å²) in [5.74, 6) is -1.93. The zero-order valence-electron chi connectivity index (χ0n) is 10.5. The lowest BCUT2D eigenvalue weighted by Gasteiger charge is -2.35. The molecule has 7 nitrogen and oxygen atoms in total. The van der Waals surface area contributed by atoms with Gasteiger partial charge in [0.05, 0.1) is 19.6 Å². The van der Waals surface area contributed by atoms with Crippen LogP contribution in [0.5, 0.6) is 0 Å². The predicted molar refractivity (Wildman–Crippen MR) is 61.8 cm³/mol. The highest BCUT2D eigenvalue weighted by molar-refractivity contribution is 5.75. The van der Waals surface area contributed by atoms with E-state index in [2.05, 4.69) is 10.1 Å². The van der Waals surface area contributed by atoms with Crippen LogP contribution < -0.4 is 5.32 Å². The summed E-state index contributed by atoms with van der Waals surface area (Å²) in [4.78, 5) is 34.9. The van der Waals surface area contributed by atoms with E-state index in [0.29, 0.717) is 19.5 Å². The van der Waals surface area contributed by atoms with Gasteiger partial charge in [0.1, 0.15) is 0 Å². The van der Waals surface area contributed by atoms with Crippen LogP contribution in [0.15, 0.2) is 0 Å². The van der Waals surface area contributed by atoms with Gasteiger partial charge in [0.25, 0.3) is 0 Å². The number of hydrogen-bond acceptors (Lipinski definition) is 5. The van der Waals surface area contributed by atoms with Crippen molar-refractivity contribution in [3.05, 3.63) is 0 Å². The molecule has 1 heterocycles. The third-order valence-electron chi connectivity index (χ3n) is 2.83. The quantitative estimate of drug-likeness (QED) is 0.632. The number of carbonyl (C=O) groups is 3. The minimum atomic E-state index is -0.956. The third-order valence-corrected chi connectivity index (χ3v) is 2.83. The molecule has 0 radical (unpaired) electrons. The summed E-state index contributed by atoms with van der Waals surface area (Å²) in [7, 11) is 1.30. The van der Waals surface area contributed by atoms with Crippen molar-refractivity contribution in [3.63, 3.8) is 0 Å². The van der Waals surface area contributed by atoms with Gasteiger partial charge in [-0.1, -0.05) is 0 Å². The first-order valence-electron chi connectivity index (χ1n) is 5.71. The summed E-state index contributed by atoms with van der Waals surface area (Å²) in [6.45, 7) is 2.02. The average molecular weight is 258 g/mol. The van der Waals surface area contributed by atoms with Crippen molar-refractivity contribution in [3.8, 4) is 0 Å². The predicted octanol–water partition coefficient (Wildman–Crippen LogP) is -0.929. The van der Waals surface area contributed by atoms with Crippen LogP contribution in [0.2, 0.25) is 0 Å². The topological polar surface area (TPSA) is 95.9 Å². The first-order valence-corrected chi connectivity index (χ1v) is 5.71. The number of carbonyl (C=O) groups excluding carboxylic acids is 2. The number of nitrogens with zero attached hydrogens (tertiary/aromatic N) is 1. The van der Waals surface area contributed by atoms with Crippen LogP contribution in [0.1, 0.15) is 13.3 Å². The van der Waals surface area contributed by atoms with Crippen LogP contribution in [0, 0.1) is 5.92 Å². The molecule has 7 heteroatoms. The number of aliphatic carboxylic acids is 1. The van der Waals surface area contributed by atoms with Gasteiger partial charge < -0.3 is 15.2 Å². The summed E-state index contributed by atoms with van der Waals surface area (Å²) < 4.78 is 4.67. The molecule has 18 heavy (non-hydrogen) atoms. The van der Waals surface area contributed by atoms with Gasteiger partial charge in [-0.05, 0) is 6.42 Å². The highest BCUT2D eigenvalue weighted by Crippen LogP contribution is 2.18. The van der Waals surface area contributed by atoms with Crippen molar-refractivity contribution in [1.82, 2.24) is 10.2 Å². The largest absolute Gasteiger partial charge is 0.480 e. The molecular weight excluding hydrogens is 240 g/mol. The van der Waals surface area contributed by atoms with Gasteiger partial charge in [-0.3, -0.25) is 19.3 Å².